The van der Waals surface area contributed by atoms with Gasteiger partial charge in [-0.15, -0.1) is 11.6 Å². The molecule has 0 saturated carbocycles. The van der Waals surface area contributed by atoms with Gasteiger partial charge in [0.25, 0.3) is 10.1 Å². The van der Waals surface area contributed by atoms with Crippen molar-refractivity contribution in [2.24, 2.45) is 0 Å². The zero-order valence-electron chi connectivity index (χ0n) is 11.9. The molecule has 1 aromatic rings. The molecule has 0 saturated heterocycles. The molecule has 0 aliphatic heterocycles. The van der Waals surface area contributed by atoms with Crippen molar-refractivity contribution in [3.8, 4) is 0 Å². The molecule has 113 valence electrons. The predicted octanol–water partition coefficient (Wildman–Crippen LogP) is 2.51. The first-order chi connectivity index (χ1) is 9.46. The van der Waals surface area contributed by atoms with Crippen LogP contribution in [0.3, 0.4) is 0 Å². The van der Waals surface area contributed by atoms with E-state index in [0.717, 1.165) is 25.3 Å². The molecular weight excluding hydrogens is 327 g/mol. The fourth-order valence-corrected chi connectivity index (χ4v) is 2.52. The van der Waals surface area contributed by atoms with Crippen LogP contribution in [0.15, 0.2) is 29.2 Å². The van der Waals surface area contributed by atoms with Crippen molar-refractivity contribution < 1.29 is 22.5 Å². The van der Waals surface area contributed by atoms with Crippen LogP contribution in [0.25, 0.3) is 0 Å². The van der Waals surface area contributed by atoms with E-state index in [2.05, 4.69) is 0 Å². The monoisotopic (exact) mass is 343 g/mol. The number of halogens is 1. The third-order valence-corrected chi connectivity index (χ3v) is 3.83. The van der Waals surface area contributed by atoms with E-state index in [0.29, 0.717) is 12.3 Å². The van der Waals surface area contributed by atoms with Gasteiger partial charge in [0.2, 0.25) is 0 Å². The summed E-state index contributed by atoms with van der Waals surface area (Å²) in [6.07, 6.45) is 3.46. The van der Waals surface area contributed by atoms with E-state index in [1.807, 2.05) is 0 Å². The summed E-state index contributed by atoms with van der Waals surface area (Å²) in [6, 6.07) is 5.39. The van der Waals surface area contributed by atoms with Gasteiger partial charge < -0.3 is 4.74 Å². The Morgan fingerprint density at radius 3 is 2.38 bits per heavy atom. The average Bonchev–Trinajstić information content (AvgIpc) is 2.41. The van der Waals surface area contributed by atoms with Crippen molar-refractivity contribution in [2.45, 2.75) is 30.6 Å². The molecule has 0 spiro atoms. The zero-order valence-corrected chi connectivity index (χ0v) is 15.5. The molecule has 0 fully saturated rings. The number of benzene rings is 1. The summed E-state index contributed by atoms with van der Waals surface area (Å²) in [5.74, 6) is -0.141. The molecule has 1 rings (SSSR count). The van der Waals surface area contributed by atoms with Gasteiger partial charge in [0.1, 0.15) is 4.90 Å². The Hall–Kier alpha value is -0.110. The molecule has 0 unspecified atom stereocenters. The quantitative estimate of drug-likeness (QED) is 0.258. The first kappa shape index (κ1) is 20.9. The molecule has 0 amide bonds. The first-order valence-electron chi connectivity index (χ1n) is 6.26. The second-order valence-electron chi connectivity index (χ2n) is 4.21. The van der Waals surface area contributed by atoms with Gasteiger partial charge >= 0.3 is 5.97 Å². The van der Waals surface area contributed by atoms with E-state index in [-0.39, 0.29) is 41.7 Å². The van der Waals surface area contributed by atoms with E-state index >= 15 is 0 Å². The molecule has 0 aliphatic carbocycles. The maximum Gasteiger partial charge on any atom is 0.339 e. The number of ether oxygens (including phenoxy) is 1. The number of alkyl halides is 1. The summed E-state index contributed by atoms with van der Waals surface area (Å²) in [7, 11) is -4.44. The minimum atomic E-state index is -4.44. The Morgan fingerprint density at radius 2 is 1.76 bits per heavy atom. The summed E-state index contributed by atoms with van der Waals surface area (Å²) in [4.78, 5) is 11.3. The third-order valence-electron chi connectivity index (χ3n) is 2.65. The fraction of sp³-hybridized carbons (Fsp3) is 0.462. The minimum Gasteiger partial charge on any atom is -0.462 e. The minimum absolute atomic E-state index is 0. The normalized spacial score (nSPS) is 10.8. The van der Waals surface area contributed by atoms with Crippen molar-refractivity contribution in [2.75, 3.05) is 12.5 Å². The number of carbonyl (C=O) groups excluding carboxylic acids is 1. The Morgan fingerprint density at radius 1 is 1.14 bits per heavy atom. The molecule has 0 aliphatic rings. The molecule has 0 aromatic heterocycles. The van der Waals surface area contributed by atoms with Crippen LogP contribution in [0.1, 0.15) is 36.0 Å². The second kappa shape index (κ2) is 10.6. The SMILES string of the molecule is O=C(OCCCCCCCl)c1ccccc1S(=O)(=O)O.[Na]. The van der Waals surface area contributed by atoms with Crippen LogP contribution >= 0.6 is 11.6 Å². The molecule has 1 aromatic carbocycles. The first-order valence-corrected chi connectivity index (χ1v) is 8.24. The van der Waals surface area contributed by atoms with E-state index in [1.165, 1.54) is 18.2 Å². The smallest absolute Gasteiger partial charge is 0.339 e. The number of hydrogen-bond donors (Lipinski definition) is 1. The standard InChI is InChI=1S/C13H17ClO5S.Na/c14-9-5-1-2-6-10-19-13(15)11-7-3-4-8-12(11)20(16,17)18;/h3-4,7-8H,1-2,5-6,9-10H2,(H,16,17,18);. The van der Waals surface area contributed by atoms with Gasteiger partial charge in [-0.1, -0.05) is 25.0 Å². The molecule has 21 heavy (non-hydrogen) atoms. The Bertz CT molecular complexity index is 547. The van der Waals surface area contributed by atoms with Crippen molar-refractivity contribution in [3.05, 3.63) is 29.8 Å². The summed E-state index contributed by atoms with van der Waals surface area (Å²) in [5.41, 5.74) is -0.157. The maximum atomic E-state index is 11.8. The number of carbonyl (C=O) groups is 1. The Balaban J connectivity index is 0.00000400. The van der Waals surface area contributed by atoms with Crippen LogP contribution in [-0.2, 0) is 14.9 Å². The van der Waals surface area contributed by atoms with Crippen molar-refractivity contribution in [3.63, 3.8) is 0 Å². The number of hydrogen-bond acceptors (Lipinski definition) is 4. The van der Waals surface area contributed by atoms with Crippen LogP contribution < -0.4 is 0 Å². The van der Waals surface area contributed by atoms with Gasteiger partial charge in [-0.2, -0.15) is 8.42 Å². The van der Waals surface area contributed by atoms with Gasteiger partial charge in [-0.3, -0.25) is 4.55 Å². The van der Waals surface area contributed by atoms with Crippen molar-refractivity contribution in [1.82, 2.24) is 0 Å². The molecule has 0 bridgehead atoms. The van der Waals surface area contributed by atoms with Gasteiger partial charge in [0.05, 0.1) is 12.2 Å². The molecule has 0 atom stereocenters. The van der Waals surface area contributed by atoms with Crippen LogP contribution in [0.5, 0.6) is 0 Å². The number of unbranched alkanes of at least 4 members (excludes halogenated alkanes) is 3. The summed E-state index contributed by atoms with van der Waals surface area (Å²) in [6.45, 7) is 0.209. The topological polar surface area (TPSA) is 80.7 Å². The average molecular weight is 344 g/mol. The van der Waals surface area contributed by atoms with Crippen molar-refractivity contribution >= 4 is 57.2 Å². The zero-order chi connectivity index (χ0) is 15.0. The third kappa shape index (κ3) is 7.63. The van der Waals surface area contributed by atoms with Crippen LogP contribution in [0.4, 0.5) is 0 Å². The van der Waals surface area contributed by atoms with Gasteiger partial charge in [-0.05, 0) is 25.0 Å². The fourth-order valence-electron chi connectivity index (χ4n) is 1.65. The molecule has 1 radical (unpaired) electrons. The van der Waals surface area contributed by atoms with E-state index in [9.17, 15) is 13.2 Å². The molecule has 0 heterocycles. The van der Waals surface area contributed by atoms with Crippen LogP contribution in [0, 0.1) is 0 Å². The predicted molar refractivity (Wildman–Crippen MR) is 81.5 cm³/mol. The largest absolute Gasteiger partial charge is 0.462 e. The summed E-state index contributed by atoms with van der Waals surface area (Å²) < 4.78 is 36.3. The van der Waals surface area contributed by atoms with E-state index in [4.69, 9.17) is 20.9 Å². The van der Waals surface area contributed by atoms with Crippen LogP contribution in [-0.4, -0.2) is 61.0 Å². The van der Waals surface area contributed by atoms with E-state index < -0.39 is 21.0 Å². The number of rotatable bonds is 8. The second-order valence-corrected chi connectivity index (χ2v) is 5.98. The number of esters is 1. The van der Waals surface area contributed by atoms with Crippen molar-refractivity contribution in [1.29, 1.82) is 0 Å². The molecule has 1 N–H and O–H groups in total. The molecule has 5 nitrogen and oxygen atoms in total. The Kier molecular flexibility index (Phi) is 10.5. The summed E-state index contributed by atoms with van der Waals surface area (Å²) in [5, 5.41) is 0. The van der Waals surface area contributed by atoms with E-state index in [1.54, 1.807) is 0 Å². The molecular formula is C13H17ClNaO5S. The maximum absolute atomic E-state index is 11.8. The Labute approximate surface area is 152 Å². The molecule has 8 heteroatoms. The van der Waals surface area contributed by atoms with Crippen LogP contribution in [0.2, 0.25) is 0 Å². The van der Waals surface area contributed by atoms with Gasteiger partial charge in [-0.25, -0.2) is 4.79 Å². The summed E-state index contributed by atoms with van der Waals surface area (Å²) >= 11 is 5.54. The van der Waals surface area contributed by atoms with Gasteiger partial charge in [0.15, 0.2) is 0 Å². The van der Waals surface area contributed by atoms with Gasteiger partial charge in [0, 0.05) is 35.4 Å².